The molecule has 0 aliphatic rings. The number of esters is 2. The second kappa shape index (κ2) is 8.89. The van der Waals surface area contributed by atoms with E-state index in [0.717, 1.165) is 0 Å². The van der Waals surface area contributed by atoms with E-state index >= 15 is 0 Å². The van der Waals surface area contributed by atoms with Crippen LogP contribution in [-0.2, 0) is 14.3 Å². The van der Waals surface area contributed by atoms with Crippen molar-refractivity contribution < 1.29 is 19.1 Å². The molecule has 0 fully saturated rings. The van der Waals surface area contributed by atoms with Crippen LogP contribution in [0.5, 0.6) is 5.75 Å². The summed E-state index contributed by atoms with van der Waals surface area (Å²) < 4.78 is 9.93. The first-order chi connectivity index (χ1) is 10.3. The smallest absolute Gasteiger partial charge is 0.311 e. The minimum atomic E-state index is -0.588. The van der Waals surface area contributed by atoms with Crippen LogP contribution in [0.3, 0.4) is 0 Å². The summed E-state index contributed by atoms with van der Waals surface area (Å²) in [6.45, 7) is 1.58. The van der Waals surface area contributed by atoms with E-state index < -0.39 is 18.0 Å². The zero-order valence-electron chi connectivity index (χ0n) is 11.7. The lowest BCUT2D eigenvalue weighted by Crippen LogP contribution is -2.14. The largest absolute Gasteiger partial charge is 0.449 e. The van der Waals surface area contributed by atoms with E-state index in [-0.39, 0.29) is 40.1 Å². The molecule has 118 valence electrons. The molecule has 0 aliphatic heterocycles. The Bertz CT molecular complexity index is 608. The van der Waals surface area contributed by atoms with Crippen molar-refractivity contribution in [3.8, 4) is 18.1 Å². The van der Waals surface area contributed by atoms with E-state index in [2.05, 4.69) is 5.92 Å². The lowest BCUT2D eigenvalue weighted by atomic mass is 10.2. The molecule has 22 heavy (non-hydrogen) atoms. The molecule has 1 atom stereocenters. The van der Waals surface area contributed by atoms with Gasteiger partial charge in [0.25, 0.3) is 0 Å². The Labute approximate surface area is 143 Å². The van der Waals surface area contributed by atoms with Gasteiger partial charge in [0.15, 0.2) is 11.9 Å². The van der Waals surface area contributed by atoms with Gasteiger partial charge in [-0.1, -0.05) is 40.7 Å². The van der Waals surface area contributed by atoms with Crippen molar-refractivity contribution in [2.45, 2.75) is 32.3 Å². The lowest BCUT2D eigenvalue weighted by Gasteiger charge is -2.08. The molecule has 1 unspecified atom stereocenters. The van der Waals surface area contributed by atoms with Gasteiger partial charge in [-0.2, -0.15) is 0 Å². The maximum Gasteiger partial charge on any atom is 0.311 e. The summed E-state index contributed by atoms with van der Waals surface area (Å²) in [4.78, 5) is 23.0. The van der Waals surface area contributed by atoms with Crippen LogP contribution < -0.4 is 4.74 Å². The molecule has 0 spiro atoms. The van der Waals surface area contributed by atoms with Gasteiger partial charge in [-0.25, -0.2) is 0 Å². The lowest BCUT2D eigenvalue weighted by molar-refractivity contribution is -0.146. The molecule has 0 radical (unpaired) electrons. The number of carbonyl (C=O) groups is 2. The molecule has 0 aliphatic carbocycles. The SMILES string of the molecule is C#CC(C)OC(=O)CCCC(=O)Oc1cc(Cl)c(Cl)cc1Cl. The Morgan fingerprint density at radius 2 is 1.73 bits per heavy atom. The van der Waals surface area contributed by atoms with Crippen LogP contribution in [0, 0.1) is 12.3 Å². The molecular weight excluding hydrogens is 351 g/mol. The first-order valence-electron chi connectivity index (χ1n) is 6.34. The van der Waals surface area contributed by atoms with Gasteiger partial charge in [-0.15, -0.1) is 6.42 Å². The van der Waals surface area contributed by atoms with Crippen LogP contribution in [0.1, 0.15) is 26.2 Å². The molecule has 4 nitrogen and oxygen atoms in total. The van der Waals surface area contributed by atoms with E-state index in [1.165, 1.54) is 12.1 Å². The summed E-state index contributed by atoms with van der Waals surface area (Å²) >= 11 is 17.5. The second-order valence-electron chi connectivity index (χ2n) is 4.32. The molecular formula is C15H13Cl3O4. The van der Waals surface area contributed by atoms with Gasteiger partial charge in [0, 0.05) is 18.9 Å². The minimum Gasteiger partial charge on any atom is -0.449 e. The Balaban J connectivity index is 2.43. The van der Waals surface area contributed by atoms with E-state index in [1.807, 2.05) is 0 Å². The molecule has 0 bridgehead atoms. The Morgan fingerprint density at radius 3 is 2.36 bits per heavy atom. The maximum absolute atomic E-state index is 11.7. The van der Waals surface area contributed by atoms with E-state index in [9.17, 15) is 9.59 Å². The van der Waals surface area contributed by atoms with Crippen LogP contribution in [-0.4, -0.2) is 18.0 Å². The minimum absolute atomic E-state index is 0.0239. The van der Waals surface area contributed by atoms with Crippen molar-refractivity contribution >= 4 is 46.7 Å². The molecule has 0 saturated heterocycles. The molecule has 0 heterocycles. The highest BCUT2D eigenvalue weighted by Crippen LogP contribution is 2.34. The van der Waals surface area contributed by atoms with Crippen molar-refractivity contribution in [1.82, 2.24) is 0 Å². The van der Waals surface area contributed by atoms with Crippen molar-refractivity contribution in [2.75, 3.05) is 0 Å². The van der Waals surface area contributed by atoms with Gasteiger partial charge < -0.3 is 9.47 Å². The Hall–Kier alpha value is -1.41. The van der Waals surface area contributed by atoms with Gasteiger partial charge in [-0.3, -0.25) is 9.59 Å². The molecule has 1 rings (SSSR count). The molecule has 0 aromatic heterocycles. The number of hydrogen-bond acceptors (Lipinski definition) is 4. The fourth-order valence-electron chi connectivity index (χ4n) is 1.42. The number of terminal acetylenes is 1. The molecule has 0 amide bonds. The third kappa shape index (κ3) is 6.15. The summed E-state index contributed by atoms with van der Waals surface area (Å²) in [5.74, 6) is 1.38. The van der Waals surface area contributed by atoms with E-state index in [1.54, 1.807) is 6.92 Å². The van der Waals surface area contributed by atoms with Crippen LogP contribution in [0.15, 0.2) is 12.1 Å². The average molecular weight is 364 g/mol. The van der Waals surface area contributed by atoms with Crippen molar-refractivity contribution in [3.05, 3.63) is 27.2 Å². The number of hydrogen-bond donors (Lipinski definition) is 0. The number of halogens is 3. The van der Waals surface area contributed by atoms with Crippen molar-refractivity contribution in [2.24, 2.45) is 0 Å². The molecule has 0 saturated carbocycles. The third-order valence-corrected chi connectivity index (χ3v) is 3.52. The van der Waals surface area contributed by atoms with Gasteiger partial charge in [0.2, 0.25) is 0 Å². The highest BCUT2D eigenvalue weighted by molar-refractivity contribution is 6.43. The highest BCUT2D eigenvalue weighted by Gasteiger charge is 2.13. The van der Waals surface area contributed by atoms with Gasteiger partial charge in [0.1, 0.15) is 0 Å². The fourth-order valence-corrected chi connectivity index (χ4v) is 2.00. The van der Waals surface area contributed by atoms with Gasteiger partial charge >= 0.3 is 11.9 Å². The molecule has 1 aromatic carbocycles. The topological polar surface area (TPSA) is 52.6 Å². The van der Waals surface area contributed by atoms with E-state index in [0.29, 0.717) is 0 Å². The number of rotatable bonds is 6. The predicted octanol–water partition coefficient (Wildman–Crippen LogP) is 4.29. The number of carbonyl (C=O) groups excluding carboxylic acids is 2. The fraction of sp³-hybridized carbons (Fsp3) is 0.333. The summed E-state index contributed by atoms with van der Waals surface area (Å²) in [7, 11) is 0. The second-order valence-corrected chi connectivity index (χ2v) is 5.54. The first kappa shape index (κ1) is 18.6. The van der Waals surface area contributed by atoms with Gasteiger partial charge in [0.05, 0.1) is 15.1 Å². The van der Waals surface area contributed by atoms with Crippen LogP contribution >= 0.6 is 34.8 Å². The van der Waals surface area contributed by atoms with Gasteiger partial charge in [-0.05, 0) is 19.4 Å². The van der Waals surface area contributed by atoms with Crippen LogP contribution in [0.2, 0.25) is 15.1 Å². The number of benzene rings is 1. The maximum atomic E-state index is 11.7. The summed E-state index contributed by atoms with van der Waals surface area (Å²) in [6.07, 6.45) is 4.86. The zero-order valence-corrected chi connectivity index (χ0v) is 14.0. The molecule has 7 heteroatoms. The molecule has 0 N–H and O–H groups in total. The van der Waals surface area contributed by atoms with Crippen LogP contribution in [0.25, 0.3) is 0 Å². The Kier molecular flexibility index (Phi) is 7.53. The summed E-state index contributed by atoms with van der Waals surface area (Å²) in [5, 5.41) is 0.655. The monoisotopic (exact) mass is 362 g/mol. The quantitative estimate of drug-likeness (QED) is 0.327. The van der Waals surface area contributed by atoms with Crippen molar-refractivity contribution in [1.29, 1.82) is 0 Å². The van der Waals surface area contributed by atoms with E-state index in [4.69, 9.17) is 50.7 Å². The highest BCUT2D eigenvalue weighted by atomic mass is 35.5. The third-order valence-electron chi connectivity index (χ3n) is 2.50. The average Bonchev–Trinajstić information content (AvgIpc) is 2.44. The zero-order chi connectivity index (χ0) is 16.7. The summed E-state index contributed by atoms with van der Waals surface area (Å²) in [6, 6.07) is 2.74. The summed E-state index contributed by atoms with van der Waals surface area (Å²) in [5.41, 5.74) is 0. The number of ether oxygens (including phenoxy) is 2. The predicted molar refractivity (Wildman–Crippen MR) is 85.3 cm³/mol. The van der Waals surface area contributed by atoms with Crippen LogP contribution in [0.4, 0.5) is 0 Å². The molecule has 1 aromatic rings. The van der Waals surface area contributed by atoms with Crippen molar-refractivity contribution in [3.63, 3.8) is 0 Å². The normalized spacial score (nSPS) is 11.4. The Morgan fingerprint density at radius 1 is 1.14 bits per heavy atom. The standard InChI is InChI=1S/C15H13Cl3O4/c1-3-9(2)21-14(19)5-4-6-15(20)22-13-8-11(17)10(16)7-12(13)18/h1,7-9H,4-6H2,2H3. The first-order valence-corrected chi connectivity index (χ1v) is 7.47.